The van der Waals surface area contributed by atoms with Crippen molar-refractivity contribution in [1.29, 1.82) is 0 Å². The van der Waals surface area contributed by atoms with Crippen LogP contribution in [0, 0.1) is 0 Å². The van der Waals surface area contributed by atoms with E-state index in [4.69, 9.17) is 4.74 Å². The Kier molecular flexibility index (Phi) is 4.28. The fourth-order valence-corrected chi connectivity index (χ4v) is 2.59. The van der Waals surface area contributed by atoms with Crippen molar-refractivity contribution < 1.29 is 14.3 Å². The molecule has 0 unspecified atom stereocenters. The van der Waals surface area contributed by atoms with Crippen molar-refractivity contribution in [2.45, 2.75) is 12.8 Å². The number of benzene rings is 2. The third-order valence-corrected chi connectivity index (χ3v) is 3.86. The number of carbonyl (C=O) groups excluding carboxylic acids is 2. The number of ether oxygens (including phenoxy) is 1. The standard InChI is InChI=1S/C18H18N2O3/c1-23-16-10-4-13(5-11-16)18(22)19-14-6-8-15(9-7-14)20-12-2-3-17(20)21/h4-11H,2-3,12H2,1H3,(H,19,22). The molecule has 0 atom stereocenters. The van der Waals surface area contributed by atoms with E-state index in [1.165, 1.54) is 0 Å². The molecule has 2 amide bonds. The third kappa shape index (κ3) is 3.34. The number of amides is 2. The number of carbonyl (C=O) groups is 2. The molecule has 0 spiro atoms. The molecule has 1 N–H and O–H groups in total. The van der Waals surface area contributed by atoms with E-state index >= 15 is 0 Å². The molecule has 1 fully saturated rings. The zero-order valence-electron chi connectivity index (χ0n) is 12.9. The van der Waals surface area contributed by atoms with Gasteiger partial charge >= 0.3 is 0 Å². The lowest BCUT2D eigenvalue weighted by molar-refractivity contribution is -0.117. The minimum absolute atomic E-state index is 0.153. The molecule has 1 aliphatic rings. The molecule has 5 nitrogen and oxygen atoms in total. The van der Waals surface area contributed by atoms with E-state index < -0.39 is 0 Å². The summed E-state index contributed by atoms with van der Waals surface area (Å²) >= 11 is 0. The largest absolute Gasteiger partial charge is 0.497 e. The third-order valence-electron chi connectivity index (χ3n) is 3.86. The maximum absolute atomic E-state index is 12.2. The minimum Gasteiger partial charge on any atom is -0.497 e. The second-order valence-electron chi connectivity index (χ2n) is 5.38. The number of nitrogens with zero attached hydrogens (tertiary/aromatic N) is 1. The molecule has 23 heavy (non-hydrogen) atoms. The van der Waals surface area contributed by atoms with Crippen LogP contribution in [0.5, 0.6) is 5.75 Å². The van der Waals surface area contributed by atoms with E-state index in [1.54, 1.807) is 36.3 Å². The average Bonchev–Trinajstić information content (AvgIpc) is 3.01. The number of nitrogens with one attached hydrogen (secondary N) is 1. The Morgan fingerprint density at radius 3 is 2.35 bits per heavy atom. The van der Waals surface area contributed by atoms with Crippen molar-refractivity contribution in [2.75, 3.05) is 23.9 Å². The maximum Gasteiger partial charge on any atom is 0.255 e. The second-order valence-corrected chi connectivity index (χ2v) is 5.38. The molecule has 5 heteroatoms. The van der Waals surface area contributed by atoms with Gasteiger partial charge in [0, 0.05) is 29.9 Å². The van der Waals surface area contributed by atoms with Gasteiger partial charge in [0.15, 0.2) is 0 Å². The van der Waals surface area contributed by atoms with Crippen LogP contribution < -0.4 is 15.0 Å². The molecule has 0 bridgehead atoms. The molecular formula is C18H18N2O3. The summed E-state index contributed by atoms with van der Waals surface area (Å²) in [6.07, 6.45) is 1.50. The first kappa shape index (κ1) is 15.1. The highest BCUT2D eigenvalue weighted by molar-refractivity contribution is 6.04. The number of hydrogen-bond acceptors (Lipinski definition) is 3. The lowest BCUT2D eigenvalue weighted by Gasteiger charge is -2.16. The first-order chi connectivity index (χ1) is 11.2. The van der Waals surface area contributed by atoms with E-state index in [-0.39, 0.29) is 11.8 Å². The number of rotatable bonds is 4. The fourth-order valence-electron chi connectivity index (χ4n) is 2.59. The average molecular weight is 310 g/mol. The van der Waals surface area contributed by atoms with Gasteiger partial charge in [-0.1, -0.05) is 0 Å². The van der Waals surface area contributed by atoms with Gasteiger partial charge in [-0.3, -0.25) is 9.59 Å². The highest BCUT2D eigenvalue weighted by Crippen LogP contribution is 2.23. The number of methoxy groups -OCH3 is 1. The molecular weight excluding hydrogens is 292 g/mol. The second kappa shape index (κ2) is 6.52. The summed E-state index contributed by atoms with van der Waals surface area (Å²) in [6.45, 7) is 0.760. The Morgan fingerprint density at radius 2 is 1.78 bits per heavy atom. The van der Waals surface area contributed by atoms with E-state index in [2.05, 4.69) is 5.32 Å². The van der Waals surface area contributed by atoms with Crippen LogP contribution in [0.25, 0.3) is 0 Å². The number of hydrogen-bond donors (Lipinski definition) is 1. The van der Waals surface area contributed by atoms with Crippen molar-refractivity contribution in [3.05, 3.63) is 54.1 Å². The first-order valence-corrected chi connectivity index (χ1v) is 7.53. The summed E-state index contributed by atoms with van der Waals surface area (Å²) < 4.78 is 5.07. The summed E-state index contributed by atoms with van der Waals surface area (Å²) in [6, 6.07) is 14.2. The lowest BCUT2D eigenvalue weighted by Crippen LogP contribution is -2.23. The SMILES string of the molecule is COc1ccc(C(=O)Nc2ccc(N3CCCC3=O)cc2)cc1. The zero-order chi connectivity index (χ0) is 16.2. The number of anilines is 2. The molecule has 0 aromatic heterocycles. The van der Waals surface area contributed by atoms with Gasteiger partial charge in [0.25, 0.3) is 5.91 Å². The van der Waals surface area contributed by atoms with Crippen molar-refractivity contribution in [2.24, 2.45) is 0 Å². The molecule has 2 aromatic carbocycles. The Balaban J connectivity index is 1.67. The summed E-state index contributed by atoms with van der Waals surface area (Å²) in [5, 5.41) is 2.84. The summed E-state index contributed by atoms with van der Waals surface area (Å²) in [5.41, 5.74) is 2.13. The van der Waals surface area contributed by atoms with Gasteiger partial charge in [-0.25, -0.2) is 0 Å². The fraction of sp³-hybridized carbons (Fsp3) is 0.222. The first-order valence-electron chi connectivity index (χ1n) is 7.53. The van der Waals surface area contributed by atoms with Crippen LogP contribution in [0.2, 0.25) is 0 Å². The van der Waals surface area contributed by atoms with Gasteiger partial charge in [0.2, 0.25) is 5.91 Å². The molecule has 1 heterocycles. The van der Waals surface area contributed by atoms with Gasteiger partial charge in [0.05, 0.1) is 7.11 Å². The van der Waals surface area contributed by atoms with Crippen LogP contribution in [0.3, 0.4) is 0 Å². The molecule has 2 aromatic rings. The Bertz CT molecular complexity index is 708. The van der Waals surface area contributed by atoms with Crippen molar-refractivity contribution >= 4 is 23.2 Å². The maximum atomic E-state index is 12.2. The Morgan fingerprint density at radius 1 is 1.09 bits per heavy atom. The molecule has 1 aliphatic heterocycles. The summed E-state index contributed by atoms with van der Waals surface area (Å²) in [5.74, 6) is 0.679. The predicted octanol–water partition coefficient (Wildman–Crippen LogP) is 3.07. The molecule has 0 aliphatic carbocycles. The van der Waals surface area contributed by atoms with Gasteiger partial charge in [-0.2, -0.15) is 0 Å². The van der Waals surface area contributed by atoms with Crippen LogP contribution in [0.1, 0.15) is 23.2 Å². The van der Waals surface area contributed by atoms with Crippen LogP contribution in [0.4, 0.5) is 11.4 Å². The molecule has 0 radical (unpaired) electrons. The van der Waals surface area contributed by atoms with Crippen LogP contribution in [0.15, 0.2) is 48.5 Å². The molecule has 1 saturated heterocycles. The molecule has 0 saturated carbocycles. The van der Waals surface area contributed by atoms with Gasteiger partial charge < -0.3 is 15.0 Å². The van der Waals surface area contributed by atoms with Crippen LogP contribution in [-0.2, 0) is 4.79 Å². The zero-order valence-corrected chi connectivity index (χ0v) is 12.9. The van der Waals surface area contributed by atoms with E-state index in [1.807, 2.05) is 24.3 Å². The van der Waals surface area contributed by atoms with Crippen LogP contribution >= 0.6 is 0 Å². The normalized spacial score (nSPS) is 14.0. The van der Waals surface area contributed by atoms with Crippen molar-refractivity contribution in [3.8, 4) is 5.75 Å². The van der Waals surface area contributed by atoms with E-state index in [9.17, 15) is 9.59 Å². The summed E-state index contributed by atoms with van der Waals surface area (Å²) in [4.78, 5) is 25.7. The van der Waals surface area contributed by atoms with Gasteiger partial charge in [-0.05, 0) is 55.0 Å². The highest BCUT2D eigenvalue weighted by atomic mass is 16.5. The topological polar surface area (TPSA) is 58.6 Å². The molecule has 3 rings (SSSR count). The monoisotopic (exact) mass is 310 g/mol. The van der Waals surface area contributed by atoms with Crippen molar-refractivity contribution in [1.82, 2.24) is 0 Å². The van der Waals surface area contributed by atoms with E-state index in [0.717, 1.165) is 18.7 Å². The van der Waals surface area contributed by atoms with Gasteiger partial charge in [0.1, 0.15) is 5.75 Å². The highest BCUT2D eigenvalue weighted by Gasteiger charge is 2.21. The van der Waals surface area contributed by atoms with Gasteiger partial charge in [-0.15, -0.1) is 0 Å². The van der Waals surface area contributed by atoms with Crippen LogP contribution in [-0.4, -0.2) is 25.5 Å². The van der Waals surface area contributed by atoms with E-state index in [0.29, 0.717) is 23.4 Å². The Labute approximate surface area is 134 Å². The summed E-state index contributed by atoms with van der Waals surface area (Å²) in [7, 11) is 1.59. The quantitative estimate of drug-likeness (QED) is 0.944. The minimum atomic E-state index is -0.183. The predicted molar refractivity (Wildman–Crippen MR) is 89.0 cm³/mol. The molecule has 118 valence electrons. The lowest BCUT2D eigenvalue weighted by atomic mass is 10.2. The van der Waals surface area contributed by atoms with Crippen molar-refractivity contribution in [3.63, 3.8) is 0 Å². The Hall–Kier alpha value is -2.82. The smallest absolute Gasteiger partial charge is 0.255 e.